The molecule has 3 aromatic carbocycles. The molecule has 0 aliphatic heterocycles. The molecule has 0 bridgehead atoms. The van der Waals surface area contributed by atoms with Crippen molar-refractivity contribution in [3.05, 3.63) is 104 Å². The lowest BCUT2D eigenvalue weighted by Gasteiger charge is -2.19. The van der Waals surface area contributed by atoms with Crippen LogP contribution < -0.4 is 10.7 Å². The van der Waals surface area contributed by atoms with Gasteiger partial charge in [-0.15, -0.1) is 0 Å². The first-order chi connectivity index (χ1) is 16.0. The lowest BCUT2D eigenvalue weighted by atomic mass is 9.87. The highest BCUT2D eigenvalue weighted by Crippen LogP contribution is 2.24. The number of halogens is 1. The van der Waals surface area contributed by atoms with Crippen molar-refractivity contribution in [2.24, 2.45) is 5.10 Å². The van der Waals surface area contributed by atoms with Gasteiger partial charge in [0.15, 0.2) is 0 Å². The van der Waals surface area contributed by atoms with Crippen molar-refractivity contribution in [3.63, 3.8) is 0 Å². The summed E-state index contributed by atoms with van der Waals surface area (Å²) in [5.74, 6) is -0.727. The van der Waals surface area contributed by atoms with Gasteiger partial charge < -0.3 is 5.32 Å². The van der Waals surface area contributed by atoms with Crippen molar-refractivity contribution >= 4 is 41.0 Å². The average Bonchev–Trinajstić information content (AvgIpc) is 2.80. The molecule has 3 rings (SSSR count). The molecule has 174 valence electrons. The van der Waals surface area contributed by atoms with Crippen molar-refractivity contribution in [1.29, 1.82) is 0 Å². The normalized spacial score (nSPS) is 11.3. The zero-order chi connectivity index (χ0) is 24.9. The summed E-state index contributed by atoms with van der Waals surface area (Å²) in [6, 6.07) is 17.9. The molecule has 0 radical (unpaired) electrons. The molecule has 0 saturated carbocycles. The maximum absolute atomic E-state index is 12.5. The molecule has 34 heavy (non-hydrogen) atoms. The number of anilines is 1. The lowest BCUT2D eigenvalue weighted by Crippen LogP contribution is -2.18. The first-order valence-electron chi connectivity index (χ1n) is 10.3. The van der Waals surface area contributed by atoms with Gasteiger partial charge in [-0.3, -0.25) is 19.7 Å². The monoisotopic (exact) mass is 478 g/mol. The highest BCUT2D eigenvalue weighted by atomic mass is 35.5. The van der Waals surface area contributed by atoms with E-state index in [1.54, 1.807) is 42.5 Å². The number of hydrazone groups is 1. The van der Waals surface area contributed by atoms with Crippen LogP contribution in [0.1, 0.15) is 52.6 Å². The smallest absolute Gasteiger partial charge is 0.288 e. The van der Waals surface area contributed by atoms with Crippen molar-refractivity contribution < 1.29 is 14.5 Å². The van der Waals surface area contributed by atoms with Gasteiger partial charge in [-0.25, -0.2) is 5.43 Å². The quantitative estimate of drug-likeness (QED) is 0.274. The number of carbonyl (C=O) groups excluding carboxylic acids is 2. The number of rotatable bonds is 6. The molecule has 2 N–H and O–H groups in total. The Morgan fingerprint density at radius 3 is 2.12 bits per heavy atom. The van der Waals surface area contributed by atoms with E-state index in [0.29, 0.717) is 22.4 Å². The van der Waals surface area contributed by atoms with Gasteiger partial charge in [0.2, 0.25) is 0 Å². The summed E-state index contributed by atoms with van der Waals surface area (Å²) in [5, 5.41) is 17.6. The molecule has 2 amide bonds. The zero-order valence-corrected chi connectivity index (χ0v) is 19.6. The van der Waals surface area contributed by atoms with Gasteiger partial charge in [0.25, 0.3) is 17.5 Å². The number of hydrogen-bond donors (Lipinski definition) is 2. The fourth-order valence-corrected chi connectivity index (χ4v) is 3.20. The third kappa shape index (κ3) is 6.26. The van der Waals surface area contributed by atoms with Gasteiger partial charge in [-0.1, -0.05) is 50.6 Å². The Morgan fingerprint density at radius 1 is 0.941 bits per heavy atom. The summed E-state index contributed by atoms with van der Waals surface area (Å²) in [4.78, 5) is 35.1. The fourth-order valence-electron chi connectivity index (χ4n) is 3.01. The summed E-state index contributed by atoms with van der Waals surface area (Å²) in [6.45, 7) is 6.32. The van der Waals surface area contributed by atoms with E-state index in [1.807, 2.05) is 12.1 Å². The number of nitro groups is 1. The van der Waals surface area contributed by atoms with E-state index in [1.165, 1.54) is 18.3 Å². The molecule has 0 aliphatic rings. The molecule has 0 unspecified atom stereocenters. The zero-order valence-electron chi connectivity index (χ0n) is 18.8. The Kier molecular flexibility index (Phi) is 7.43. The molecular formula is C25H23ClN4O4. The van der Waals surface area contributed by atoms with E-state index in [9.17, 15) is 19.7 Å². The Hall–Kier alpha value is -4.04. The summed E-state index contributed by atoms with van der Waals surface area (Å²) in [6.07, 6.45) is 1.28. The number of amides is 2. The molecule has 0 saturated heterocycles. The molecule has 0 heterocycles. The molecule has 8 nitrogen and oxygen atoms in total. The number of carbonyl (C=O) groups is 2. The Labute approximate surface area is 201 Å². The second kappa shape index (κ2) is 10.3. The van der Waals surface area contributed by atoms with Crippen LogP contribution in [0, 0.1) is 10.1 Å². The standard InChI is InChI=1S/C25H23ClN4O4/c1-25(2,3)19-9-5-17(6-10-19)23(31)28-20-11-7-18(8-12-20)24(32)29-27-15-16-4-13-21(26)22(14-16)30(33)34/h4-15H,1-3H3,(H,28,31)(H,29,32). The number of benzene rings is 3. The average molecular weight is 479 g/mol. The Morgan fingerprint density at radius 2 is 1.53 bits per heavy atom. The first kappa shape index (κ1) is 24.6. The van der Waals surface area contributed by atoms with Crippen molar-refractivity contribution in [2.75, 3.05) is 5.32 Å². The van der Waals surface area contributed by atoms with E-state index in [4.69, 9.17) is 11.6 Å². The lowest BCUT2D eigenvalue weighted by molar-refractivity contribution is -0.384. The molecule has 9 heteroatoms. The van der Waals surface area contributed by atoms with Crippen LogP contribution in [0.25, 0.3) is 0 Å². The van der Waals surface area contributed by atoms with Crippen LogP contribution in [-0.2, 0) is 5.41 Å². The minimum atomic E-state index is -0.598. The van der Waals surface area contributed by atoms with Crippen LogP contribution in [0.15, 0.2) is 71.8 Å². The highest BCUT2D eigenvalue weighted by Gasteiger charge is 2.15. The van der Waals surface area contributed by atoms with Crippen molar-refractivity contribution in [3.8, 4) is 0 Å². The third-order valence-corrected chi connectivity index (χ3v) is 5.28. The van der Waals surface area contributed by atoms with Crippen LogP contribution in [0.4, 0.5) is 11.4 Å². The van der Waals surface area contributed by atoms with Gasteiger partial charge in [-0.2, -0.15) is 5.10 Å². The van der Waals surface area contributed by atoms with Gasteiger partial charge in [0.05, 0.1) is 11.1 Å². The molecule has 0 aliphatic carbocycles. The van der Waals surface area contributed by atoms with Crippen LogP contribution in [0.3, 0.4) is 0 Å². The first-order valence-corrected chi connectivity index (χ1v) is 10.7. The molecule has 0 spiro atoms. The van der Waals surface area contributed by atoms with E-state index in [0.717, 1.165) is 5.56 Å². The van der Waals surface area contributed by atoms with E-state index >= 15 is 0 Å². The van der Waals surface area contributed by atoms with Gasteiger partial charge in [-0.05, 0) is 53.4 Å². The molecule has 3 aromatic rings. The second-order valence-corrected chi connectivity index (χ2v) is 8.93. The Balaban J connectivity index is 1.59. The highest BCUT2D eigenvalue weighted by molar-refractivity contribution is 6.32. The number of hydrogen-bond acceptors (Lipinski definition) is 5. The number of nitrogens with one attached hydrogen (secondary N) is 2. The van der Waals surface area contributed by atoms with E-state index < -0.39 is 10.8 Å². The molecular weight excluding hydrogens is 456 g/mol. The summed E-state index contributed by atoms with van der Waals surface area (Å²) in [5.41, 5.74) is 5.05. The van der Waals surface area contributed by atoms with E-state index in [-0.39, 0.29) is 22.0 Å². The third-order valence-electron chi connectivity index (χ3n) is 4.96. The van der Waals surface area contributed by atoms with E-state index in [2.05, 4.69) is 36.6 Å². The second-order valence-electron chi connectivity index (χ2n) is 8.53. The maximum Gasteiger partial charge on any atom is 0.288 e. The number of nitro benzene ring substituents is 1. The minimum Gasteiger partial charge on any atom is -0.322 e. The summed E-state index contributed by atoms with van der Waals surface area (Å²) in [7, 11) is 0. The predicted molar refractivity (Wildman–Crippen MR) is 133 cm³/mol. The van der Waals surface area contributed by atoms with Crippen LogP contribution in [-0.4, -0.2) is 23.0 Å². The van der Waals surface area contributed by atoms with Gasteiger partial charge in [0, 0.05) is 28.4 Å². The van der Waals surface area contributed by atoms with Gasteiger partial charge in [0.1, 0.15) is 5.02 Å². The topological polar surface area (TPSA) is 114 Å². The molecule has 0 atom stereocenters. The largest absolute Gasteiger partial charge is 0.322 e. The summed E-state index contributed by atoms with van der Waals surface area (Å²) < 4.78 is 0. The predicted octanol–water partition coefficient (Wildman–Crippen LogP) is 5.56. The minimum absolute atomic E-state index is 0.00222. The fraction of sp³-hybridized carbons (Fsp3) is 0.160. The van der Waals surface area contributed by atoms with Crippen LogP contribution in [0.2, 0.25) is 5.02 Å². The maximum atomic E-state index is 12.5. The van der Waals surface area contributed by atoms with Gasteiger partial charge >= 0.3 is 0 Å². The molecule has 0 fully saturated rings. The number of nitrogens with zero attached hydrogens (tertiary/aromatic N) is 2. The molecule has 0 aromatic heterocycles. The van der Waals surface area contributed by atoms with Crippen molar-refractivity contribution in [1.82, 2.24) is 5.43 Å². The van der Waals surface area contributed by atoms with Crippen LogP contribution in [0.5, 0.6) is 0 Å². The Bertz CT molecular complexity index is 1250. The van der Waals surface area contributed by atoms with Crippen molar-refractivity contribution in [2.45, 2.75) is 26.2 Å². The summed E-state index contributed by atoms with van der Waals surface area (Å²) >= 11 is 5.78. The SMILES string of the molecule is CC(C)(C)c1ccc(C(=O)Nc2ccc(C(=O)NN=Cc3ccc(Cl)c([N+](=O)[O-])c3)cc2)cc1. The van der Waals surface area contributed by atoms with Crippen LogP contribution >= 0.6 is 11.6 Å².